The number of carboxylic acids is 1. The zero-order valence-electron chi connectivity index (χ0n) is 13.1. The van der Waals surface area contributed by atoms with E-state index in [-0.39, 0.29) is 6.42 Å². The summed E-state index contributed by atoms with van der Waals surface area (Å²) in [7, 11) is 0. The lowest BCUT2D eigenvalue weighted by Gasteiger charge is -2.16. The Morgan fingerprint density at radius 3 is 2.58 bits per heavy atom. The lowest BCUT2D eigenvalue weighted by atomic mass is 10.0. The van der Waals surface area contributed by atoms with E-state index in [0.717, 1.165) is 33.3 Å². The molecule has 0 aliphatic rings. The summed E-state index contributed by atoms with van der Waals surface area (Å²) in [5.41, 5.74) is 4.94. The van der Waals surface area contributed by atoms with Crippen LogP contribution >= 0.6 is 0 Å². The van der Waals surface area contributed by atoms with Gasteiger partial charge in [-0.25, -0.2) is 4.98 Å². The molecule has 0 atom stereocenters. The molecule has 0 fully saturated rings. The van der Waals surface area contributed by atoms with Gasteiger partial charge in [0, 0.05) is 16.6 Å². The molecule has 5 nitrogen and oxygen atoms in total. The van der Waals surface area contributed by atoms with Crippen LogP contribution in [0, 0.1) is 6.92 Å². The molecule has 2 heterocycles. The topological polar surface area (TPSA) is 68.0 Å². The molecular weight excluding hydrogens is 302 g/mol. The van der Waals surface area contributed by atoms with E-state index in [9.17, 15) is 9.90 Å². The highest BCUT2D eigenvalue weighted by Crippen LogP contribution is 2.30. The Kier molecular flexibility index (Phi) is 3.27. The number of carbonyl (C=O) groups is 1. The number of imidazole rings is 1. The third-order valence-electron chi connectivity index (χ3n) is 4.19. The molecule has 5 heteroatoms. The SMILES string of the molecule is Cc1nc2ccccc2c(-n2cnc3ccccc32)c1CC(=O)O. The van der Waals surface area contributed by atoms with Crippen molar-refractivity contribution in [2.24, 2.45) is 0 Å². The van der Waals surface area contributed by atoms with Gasteiger partial charge >= 0.3 is 5.97 Å². The standard InChI is InChI=1S/C19H15N3O2/c1-12-14(10-18(23)24)19(13-6-2-3-7-15(13)21-12)22-11-20-16-8-4-5-9-17(16)22/h2-9,11H,10H2,1H3,(H,23,24). The summed E-state index contributed by atoms with van der Waals surface area (Å²) < 4.78 is 1.96. The van der Waals surface area contributed by atoms with Crippen molar-refractivity contribution < 1.29 is 9.90 Å². The fourth-order valence-corrected chi connectivity index (χ4v) is 3.13. The van der Waals surface area contributed by atoms with Crippen LogP contribution in [0.2, 0.25) is 0 Å². The monoisotopic (exact) mass is 317 g/mol. The molecule has 0 aliphatic heterocycles. The Bertz CT molecular complexity index is 1080. The van der Waals surface area contributed by atoms with Crippen molar-refractivity contribution in [1.29, 1.82) is 0 Å². The molecule has 2 aromatic heterocycles. The summed E-state index contributed by atoms with van der Waals surface area (Å²) in [6.45, 7) is 1.85. The Morgan fingerprint density at radius 1 is 1.08 bits per heavy atom. The molecule has 118 valence electrons. The number of carboxylic acid groups (broad SMARTS) is 1. The number of pyridine rings is 1. The van der Waals surface area contributed by atoms with Gasteiger partial charge in [-0.15, -0.1) is 0 Å². The fraction of sp³-hybridized carbons (Fsp3) is 0.105. The molecule has 0 bridgehead atoms. The van der Waals surface area contributed by atoms with Gasteiger partial charge in [-0.05, 0) is 25.1 Å². The van der Waals surface area contributed by atoms with Crippen molar-refractivity contribution in [3.8, 4) is 5.69 Å². The van der Waals surface area contributed by atoms with Crippen LogP contribution in [-0.2, 0) is 11.2 Å². The largest absolute Gasteiger partial charge is 0.481 e. The molecule has 4 rings (SSSR count). The van der Waals surface area contributed by atoms with E-state index < -0.39 is 5.97 Å². The van der Waals surface area contributed by atoms with Crippen molar-refractivity contribution in [3.63, 3.8) is 0 Å². The average Bonchev–Trinajstić information content (AvgIpc) is 2.99. The molecule has 0 aliphatic carbocycles. The van der Waals surface area contributed by atoms with Crippen LogP contribution in [0.1, 0.15) is 11.3 Å². The Hall–Kier alpha value is -3.21. The number of nitrogens with zero attached hydrogens (tertiary/aromatic N) is 3. The maximum absolute atomic E-state index is 11.4. The predicted octanol–water partition coefficient (Wildman–Crippen LogP) is 3.51. The third kappa shape index (κ3) is 2.22. The zero-order chi connectivity index (χ0) is 16.7. The van der Waals surface area contributed by atoms with Gasteiger partial charge in [-0.1, -0.05) is 30.3 Å². The van der Waals surface area contributed by atoms with Crippen LogP contribution in [0.4, 0.5) is 0 Å². The highest BCUT2D eigenvalue weighted by Gasteiger charge is 2.18. The number of fused-ring (bicyclic) bond motifs is 2. The summed E-state index contributed by atoms with van der Waals surface area (Å²) in [5, 5.41) is 10.3. The van der Waals surface area contributed by atoms with Gasteiger partial charge in [0.15, 0.2) is 0 Å². The fourth-order valence-electron chi connectivity index (χ4n) is 3.13. The first-order valence-corrected chi connectivity index (χ1v) is 7.67. The number of hydrogen-bond donors (Lipinski definition) is 1. The van der Waals surface area contributed by atoms with E-state index in [4.69, 9.17) is 0 Å². The summed E-state index contributed by atoms with van der Waals surface area (Å²) >= 11 is 0. The van der Waals surface area contributed by atoms with Crippen LogP contribution < -0.4 is 0 Å². The van der Waals surface area contributed by atoms with E-state index >= 15 is 0 Å². The first-order valence-electron chi connectivity index (χ1n) is 7.67. The van der Waals surface area contributed by atoms with Gasteiger partial charge < -0.3 is 5.11 Å². The summed E-state index contributed by atoms with van der Waals surface area (Å²) in [6, 6.07) is 15.6. The quantitative estimate of drug-likeness (QED) is 0.628. The van der Waals surface area contributed by atoms with Crippen LogP contribution in [0.5, 0.6) is 0 Å². The van der Waals surface area contributed by atoms with Crippen LogP contribution in [-0.4, -0.2) is 25.6 Å². The predicted molar refractivity (Wildman–Crippen MR) is 92.4 cm³/mol. The molecule has 4 aromatic rings. The van der Waals surface area contributed by atoms with E-state index in [1.807, 2.05) is 60.0 Å². The maximum atomic E-state index is 11.4. The van der Waals surface area contributed by atoms with Gasteiger partial charge in [0.1, 0.15) is 6.33 Å². The van der Waals surface area contributed by atoms with Crippen molar-refractivity contribution in [2.75, 3.05) is 0 Å². The highest BCUT2D eigenvalue weighted by atomic mass is 16.4. The molecule has 0 radical (unpaired) electrons. The first kappa shape index (κ1) is 14.4. The second kappa shape index (κ2) is 5.45. The summed E-state index contributed by atoms with van der Waals surface area (Å²) in [4.78, 5) is 20.4. The lowest BCUT2D eigenvalue weighted by Crippen LogP contribution is -2.09. The van der Waals surface area contributed by atoms with Gasteiger partial charge in [-0.2, -0.15) is 0 Å². The normalized spacial score (nSPS) is 11.2. The molecule has 0 saturated heterocycles. The smallest absolute Gasteiger partial charge is 0.307 e. The number of rotatable bonds is 3. The van der Waals surface area contributed by atoms with Crippen LogP contribution in [0.25, 0.3) is 27.6 Å². The molecule has 24 heavy (non-hydrogen) atoms. The lowest BCUT2D eigenvalue weighted by molar-refractivity contribution is -0.136. The molecular formula is C19H15N3O2. The average molecular weight is 317 g/mol. The number of benzene rings is 2. The van der Waals surface area contributed by atoms with E-state index in [0.29, 0.717) is 5.56 Å². The van der Waals surface area contributed by atoms with Crippen molar-refractivity contribution in [1.82, 2.24) is 14.5 Å². The van der Waals surface area contributed by atoms with Gasteiger partial charge in [-0.3, -0.25) is 14.3 Å². The molecule has 0 saturated carbocycles. The number of aliphatic carboxylic acids is 1. The molecule has 2 aromatic carbocycles. The Balaban J connectivity index is 2.14. The summed E-state index contributed by atoms with van der Waals surface area (Å²) in [5.74, 6) is -0.874. The Labute approximate surface area is 138 Å². The minimum atomic E-state index is -0.874. The summed E-state index contributed by atoms with van der Waals surface area (Å²) in [6.07, 6.45) is 1.67. The number of hydrogen-bond acceptors (Lipinski definition) is 3. The molecule has 1 N–H and O–H groups in total. The van der Waals surface area contributed by atoms with Crippen LogP contribution in [0.15, 0.2) is 54.9 Å². The first-order chi connectivity index (χ1) is 11.6. The van der Waals surface area contributed by atoms with Gasteiger partial charge in [0.05, 0.1) is 28.7 Å². The second-order valence-corrected chi connectivity index (χ2v) is 5.72. The molecule has 0 spiro atoms. The van der Waals surface area contributed by atoms with Gasteiger partial charge in [0.25, 0.3) is 0 Å². The van der Waals surface area contributed by atoms with E-state index in [1.54, 1.807) is 6.33 Å². The zero-order valence-corrected chi connectivity index (χ0v) is 13.1. The number of aryl methyl sites for hydroxylation is 1. The third-order valence-corrected chi connectivity index (χ3v) is 4.19. The highest BCUT2D eigenvalue weighted by molar-refractivity contribution is 5.93. The van der Waals surface area contributed by atoms with Crippen LogP contribution in [0.3, 0.4) is 0 Å². The Morgan fingerprint density at radius 2 is 1.79 bits per heavy atom. The van der Waals surface area contributed by atoms with Gasteiger partial charge in [0.2, 0.25) is 0 Å². The minimum Gasteiger partial charge on any atom is -0.481 e. The number of para-hydroxylation sites is 3. The minimum absolute atomic E-state index is 0.0779. The second-order valence-electron chi connectivity index (χ2n) is 5.72. The van der Waals surface area contributed by atoms with E-state index in [2.05, 4.69) is 9.97 Å². The van der Waals surface area contributed by atoms with E-state index in [1.165, 1.54) is 0 Å². The van der Waals surface area contributed by atoms with Crippen molar-refractivity contribution in [2.45, 2.75) is 13.3 Å². The van der Waals surface area contributed by atoms with Crippen molar-refractivity contribution in [3.05, 3.63) is 66.1 Å². The van der Waals surface area contributed by atoms with Crippen molar-refractivity contribution >= 4 is 27.9 Å². The number of aromatic nitrogens is 3. The molecule has 0 unspecified atom stereocenters. The molecule has 0 amide bonds. The maximum Gasteiger partial charge on any atom is 0.307 e.